The molecule has 0 fully saturated rings. The highest BCUT2D eigenvalue weighted by Gasteiger charge is 2.03. The summed E-state index contributed by atoms with van der Waals surface area (Å²) in [6.07, 6.45) is 2.66. The van der Waals surface area contributed by atoms with E-state index in [-0.39, 0.29) is 5.82 Å². The molecule has 76 valence electrons. The molecule has 0 spiro atoms. The SMILES string of the molecule is C/C(=C/CCCl)c1ccc(Cl)cc1F. The zero-order chi connectivity index (χ0) is 10.6. The first kappa shape index (κ1) is 11.5. The molecule has 0 saturated heterocycles. The Morgan fingerprint density at radius 1 is 1.50 bits per heavy atom. The molecule has 3 heteroatoms. The van der Waals surface area contributed by atoms with Crippen LogP contribution in [0.4, 0.5) is 4.39 Å². The first-order valence-corrected chi connectivity index (χ1v) is 5.24. The Kier molecular flexibility index (Phi) is 4.43. The van der Waals surface area contributed by atoms with Gasteiger partial charge in [0.1, 0.15) is 5.82 Å². The minimum atomic E-state index is -0.291. The van der Waals surface area contributed by atoms with Gasteiger partial charge in [-0.1, -0.05) is 23.7 Å². The van der Waals surface area contributed by atoms with E-state index >= 15 is 0 Å². The van der Waals surface area contributed by atoms with Gasteiger partial charge in [-0.05, 0) is 31.1 Å². The molecule has 0 aliphatic carbocycles. The lowest BCUT2D eigenvalue weighted by molar-refractivity contribution is 0.624. The van der Waals surface area contributed by atoms with E-state index in [4.69, 9.17) is 23.2 Å². The van der Waals surface area contributed by atoms with Gasteiger partial charge in [0.25, 0.3) is 0 Å². The van der Waals surface area contributed by atoms with Crippen LogP contribution in [0.3, 0.4) is 0 Å². The Labute approximate surface area is 93.3 Å². The van der Waals surface area contributed by atoms with Crippen molar-refractivity contribution in [3.05, 3.63) is 40.7 Å². The number of halogens is 3. The highest BCUT2D eigenvalue weighted by Crippen LogP contribution is 2.21. The molecule has 0 bridgehead atoms. The Balaban J connectivity index is 2.95. The second-order valence-electron chi connectivity index (χ2n) is 2.99. The van der Waals surface area contributed by atoms with E-state index in [0.717, 1.165) is 12.0 Å². The smallest absolute Gasteiger partial charge is 0.132 e. The Morgan fingerprint density at radius 3 is 2.79 bits per heavy atom. The molecule has 0 amide bonds. The summed E-state index contributed by atoms with van der Waals surface area (Å²) in [4.78, 5) is 0. The van der Waals surface area contributed by atoms with Crippen molar-refractivity contribution in [3.63, 3.8) is 0 Å². The molecule has 0 unspecified atom stereocenters. The van der Waals surface area contributed by atoms with Crippen LogP contribution in [0.5, 0.6) is 0 Å². The maximum Gasteiger partial charge on any atom is 0.132 e. The van der Waals surface area contributed by atoms with Crippen LogP contribution in [0.2, 0.25) is 5.02 Å². The number of hydrogen-bond acceptors (Lipinski definition) is 0. The van der Waals surface area contributed by atoms with Gasteiger partial charge in [-0.25, -0.2) is 4.39 Å². The van der Waals surface area contributed by atoms with Gasteiger partial charge in [0.2, 0.25) is 0 Å². The zero-order valence-electron chi connectivity index (χ0n) is 7.86. The van der Waals surface area contributed by atoms with Gasteiger partial charge in [0.05, 0.1) is 0 Å². The molecule has 0 aromatic heterocycles. The van der Waals surface area contributed by atoms with Gasteiger partial charge in [-0.3, -0.25) is 0 Å². The summed E-state index contributed by atoms with van der Waals surface area (Å²) in [6.45, 7) is 1.86. The second kappa shape index (κ2) is 5.38. The Morgan fingerprint density at radius 2 is 2.21 bits per heavy atom. The molecule has 1 rings (SSSR count). The summed E-state index contributed by atoms with van der Waals surface area (Å²) in [7, 11) is 0. The highest BCUT2D eigenvalue weighted by atomic mass is 35.5. The molecule has 0 atom stereocenters. The maximum atomic E-state index is 13.4. The first-order chi connectivity index (χ1) is 6.65. The molecule has 0 aliphatic rings. The van der Waals surface area contributed by atoms with Crippen molar-refractivity contribution < 1.29 is 4.39 Å². The topological polar surface area (TPSA) is 0 Å². The fourth-order valence-corrected chi connectivity index (χ4v) is 1.46. The van der Waals surface area contributed by atoms with E-state index in [1.807, 2.05) is 13.0 Å². The number of allylic oxidation sites excluding steroid dienone is 2. The van der Waals surface area contributed by atoms with Gasteiger partial charge < -0.3 is 0 Å². The van der Waals surface area contributed by atoms with Crippen LogP contribution in [0.25, 0.3) is 5.57 Å². The van der Waals surface area contributed by atoms with Crippen LogP contribution in [-0.4, -0.2) is 5.88 Å². The molecule has 14 heavy (non-hydrogen) atoms. The molecule has 0 radical (unpaired) electrons. The summed E-state index contributed by atoms with van der Waals surface area (Å²) < 4.78 is 13.4. The molecular formula is C11H11Cl2F. The molecule has 0 aliphatic heterocycles. The average molecular weight is 233 g/mol. The average Bonchev–Trinajstić information content (AvgIpc) is 2.14. The third-order valence-corrected chi connectivity index (χ3v) is 2.37. The van der Waals surface area contributed by atoms with Gasteiger partial charge >= 0.3 is 0 Å². The number of rotatable bonds is 3. The van der Waals surface area contributed by atoms with Crippen molar-refractivity contribution in [3.8, 4) is 0 Å². The summed E-state index contributed by atoms with van der Waals surface area (Å²) in [6, 6.07) is 4.67. The van der Waals surface area contributed by atoms with E-state index < -0.39 is 0 Å². The quantitative estimate of drug-likeness (QED) is 0.673. The van der Waals surface area contributed by atoms with Gasteiger partial charge in [-0.2, -0.15) is 0 Å². The Hall–Kier alpha value is -0.530. The standard InChI is InChI=1S/C11H11Cl2F/c1-8(3-2-6-12)10-5-4-9(13)7-11(10)14/h3-5,7H,2,6H2,1H3/b8-3-. The van der Waals surface area contributed by atoms with Crippen molar-refractivity contribution >= 4 is 28.8 Å². The van der Waals surface area contributed by atoms with Gasteiger partial charge in [0, 0.05) is 16.5 Å². The van der Waals surface area contributed by atoms with Crippen LogP contribution >= 0.6 is 23.2 Å². The van der Waals surface area contributed by atoms with Crippen LogP contribution in [-0.2, 0) is 0 Å². The van der Waals surface area contributed by atoms with Crippen molar-refractivity contribution in [2.45, 2.75) is 13.3 Å². The van der Waals surface area contributed by atoms with Crippen molar-refractivity contribution in [2.24, 2.45) is 0 Å². The minimum Gasteiger partial charge on any atom is -0.206 e. The fraction of sp³-hybridized carbons (Fsp3) is 0.273. The molecular weight excluding hydrogens is 222 g/mol. The van der Waals surface area contributed by atoms with E-state index in [0.29, 0.717) is 16.5 Å². The molecule has 1 aromatic rings. The van der Waals surface area contributed by atoms with E-state index in [2.05, 4.69) is 0 Å². The van der Waals surface area contributed by atoms with E-state index in [1.165, 1.54) is 6.07 Å². The van der Waals surface area contributed by atoms with E-state index in [9.17, 15) is 4.39 Å². The second-order valence-corrected chi connectivity index (χ2v) is 3.80. The lowest BCUT2D eigenvalue weighted by atomic mass is 10.1. The van der Waals surface area contributed by atoms with Crippen molar-refractivity contribution in [1.82, 2.24) is 0 Å². The van der Waals surface area contributed by atoms with Gasteiger partial charge in [-0.15, -0.1) is 11.6 Å². The number of hydrogen-bond donors (Lipinski definition) is 0. The fourth-order valence-electron chi connectivity index (χ4n) is 1.19. The third-order valence-electron chi connectivity index (χ3n) is 1.92. The molecule has 0 N–H and O–H groups in total. The molecule has 1 aromatic carbocycles. The van der Waals surface area contributed by atoms with Crippen LogP contribution < -0.4 is 0 Å². The number of alkyl halides is 1. The third kappa shape index (κ3) is 3.00. The first-order valence-electron chi connectivity index (χ1n) is 4.33. The lowest BCUT2D eigenvalue weighted by Crippen LogP contribution is -1.86. The summed E-state index contributed by atoms with van der Waals surface area (Å²) in [5.41, 5.74) is 1.47. The zero-order valence-corrected chi connectivity index (χ0v) is 9.37. The van der Waals surface area contributed by atoms with Crippen molar-refractivity contribution in [1.29, 1.82) is 0 Å². The summed E-state index contributed by atoms with van der Waals surface area (Å²) in [5, 5.41) is 0.413. The largest absolute Gasteiger partial charge is 0.206 e. The minimum absolute atomic E-state index is 0.291. The normalized spacial score (nSPS) is 11.9. The number of benzene rings is 1. The predicted molar refractivity (Wildman–Crippen MR) is 60.4 cm³/mol. The van der Waals surface area contributed by atoms with Crippen LogP contribution in [0, 0.1) is 5.82 Å². The predicted octanol–water partition coefficient (Wildman–Crippen LogP) is 4.51. The Bertz CT molecular complexity index is 345. The molecule has 0 nitrogen and oxygen atoms in total. The summed E-state index contributed by atoms with van der Waals surface area (Å²) >= 11 is 11.2. The van der Waals surface area contributed by atoms with Crippen molar-refractivity contribution in [2.75, 3.05) is 5.88 Å². The highest BCUT2D eigenvalue weighted by molar-refractivity contribution is 6.30. The molecule has 0 saturated carbocycles. The van der Waals surface area contributed by atoms with Crippen LogP contribution in [0.1, 0.15) is 18.9 Å². The maximum absolute atomic E-state index is 13.4. The van der Waals surface area contributed by atoms with E-state index in [1.54, 1.807) is 12.1 Å². The lowest BCUT2D eigenvalue weighted by Gasteiger charge is -2.03. The summed E-state index contributed by atoms with van der Waals surface area (Å²) in [5.74, 6) is 0.257. The molecule has 0 heterocycles. The van der Waals surface area contributed by atoms with Crippen LogP contribution in [0.15, 0.2) is 24.3 Å². The van der Waals surface area contributed by atoms with Gasteiger partial charge in [0.15, 0.2) is 0 Å². The monoisotopic (exact) mass is 232 g/mol.